The summed E-state index contributed by atoms with van der Waals surface area (Å²) in [6.45, 7) is 0. The number of hydrogen-bond donors (Lipinski definition) is 1. The summed E-state index contributed by atoms with van der Waals surface area (Å²) in [6.07, 6.45) is 0. The van der Waals surface area contributed by atoms with Crippen molar-refractivity contribution in [1.29, 1.82) is 0 Å². The van der Waals surface area contributed by atoms with Crippen molar-refractivity contribution in [2.24, 2.45) is 0 Å². The molecule has 138 valence electrons. The van der Waals surface area contributed by atoms with Gasteiger partial charge in [0.25, 0.3) is 5.24 Å². The number of rotatable bonds is 6. The van der Waals surface area contributed by atoms with Crippen LogP contribution in [0, 0.1) is 0 Å². The molecule has 0 saturated heterocycles. The quantitative estimate of drug-likeness (QED) is 0.604. The van der Waals surface area contributed by atoms with Gasteiger partial charge in [-0.1, -0.05) is 29.3 Å². The molecule has 2 amide bonds. The molecule has 8 heteroatoms. The number of halogens is 2. The minimum Gasteiger partial charge on any atom is -0.339 e. The van der Waals surface area contributed by atoms with Crippen molar-refractivity contribution in [3.05, 3.63) is 58.1 Å². The second-order valence-corrected chi connectivity index (χ2v) is 8.42. The highest BCUT2D eigenvalue weighted by atomic mass is 35.5. The predicted molar refractivity (Wildman–Crippen MR) is 113 cm³/mol. The van der Waals surface area contributed by atoms with E-state index in [1.165, 1.54) is 16.7 Å². The van der Waals surface area contributed by atoms with E-state index >= 15 is 0 Å². The van der Waals surface area contributed by atoms with E-state index in [0.717, 1.165) is 22.2 Å². The molecule has 0 aliphatic carbocycles. The lowest BCUT2D eigenvalue weighted by atomic mass is 10.2. The average molecular weight is 429 g/mol. The summed E-state index contributed by atoms with van der Waals surface area (Å²) in [5, 5.41) is 3.99. The molecular formula is C18H18Cl2N2O2S2. The number of carbonyl (C=O) groups excluding carboxylic acids is 2. The first-order valence-electron chi connectivity index (χ1n) is 7.66. The minimum absolute atomic E-state index is 0.0426. The Balaban J connectivity index is 1.79. The zero-order valence-electron chi connectivity index (χ0n) is 14.3. The molecule has 0 atom stereocenters. The number of carbonyl (C=O) groups is 2. The van der Waals surface area contributed by atoms with E-state index in [2.05, 4.69) is 5.32 Å². The molecule has 0 heterocycles. The molecule has 0 aliphatic heterocycles. The smallest absolute Gasteiger partial charge is 0.285 e. The second kappa shape index (κ2) is 10.1. The Bertz CT molecular complexity index is 783. The third-order valence-corrected chi connectivity index (χ3v) is 5.83. The number of thioether (sulfide) groups is 2. The van der Waals surface area contributed by atoms with Gasteiger partial charge in [-0.15, -0.1) is 11.8 Å². The van der Waals surface area contributed by atoms with Crippen molar-refractivity contribution in [1.82, 2.24) is 4.90 Å². The highest BCUT2D eigenvalue weighted by Gasteiger charge is 2.08. The molecule has 0 unspecified atom stereocenters. The molecule has 2 aromatic carbocycles. The fourth-order valence-corrected chi connectivity index (χ4v) is 3.93. The van der Waals surface area contributed by atoms with E-state index < -0.39 is 0 Å². The fraction of sp³-hybridized carbons (Fsp3) is 0.222. The fourth-order valence-electron chi connectivity index (χ4n) is 1.89. The number of amides is 2. The van der Waals surface area contributed by atoms with Crippen LogP contribution < -0.4 is 5.32 Å². The van der Waals surface area contributed by atoms with Crippen molar-refractivity contribution in [3.8, 4) is 0 Å². The maximum absolute atomic E-state index is 12.0. The van der Waals surface area contributed by atoms with Gasteiger partial charge in [-0.25, -0.2) is 0 Å². The molecule has 26 heavy (non-hydrogen) atoms. The lowest BCUT2D eigenvalue weighted by Gasteiger charge is -2.10. The topological polar surface area (TPSA) is 49.4 Å². The molecule has 2 aromatic rings. The summed E-state index contributed by atoms with van der Waals surface area (Å²) in [6, 6.07) is 12.5. The van der Waals surface area contributed by atoms with Crippen molar-refractivity contribution in [2.45, 2.75) is 10.6 Å². The Labute approximate surface area is 171 Å². The van der Waals surface area contributed by atoms with Crippen LogP contribution in [-0.4, -0.2) is 35.9 Å². The molecule has 0 saturated carbocycles. The Kier molecular flexibility index (Phi) is 8.15. The van der Waals surface area contributed by atoms with E-state index in [0.29, 0.717) is 27.2 Å². The van der Waals surface area contributed by atoms with Crippen LogP contribution in [0.5, 0.6) is 0 Å². The second-order valence-electron chi connectivity index (χ2n) is 5.56. The number of nitrogens with one attached hydrogen (secondary N) is 1. The van der Waals surface area contributed by atoms with Crippen LogP contribution in [0.2, 0.25) is 10.0 Å². The third kappa shape index (κ3) is 6.76. The van der Waals surface area contributed by atoms with E-state index in [1.807, 2.05) is 18.2 Å². The van der Waals surface area contributed by atoms with E-state index in [9.17, 15) is 9.59 Å². The lowest BCUT2D eigenvalue weighted by Crippen LogP contribution is -2.16. The van der Waals surface area contributed by atoms with Crippen LogP contribution in [0.25, 0.3) is 0 Å². The zero-order valence-corrected chi connectivity index (χ0v) is 17.4. The third-order valence-electron chi connectivity index (χ3n) is 3.21. The molecule has 0 aromatic heterocycles. The van der Waals surface area contributed by atoms with Crippen molar-refractivity contribution in [3.63, 3.8) is 0 Å². The molecule has 4 nitrogen and oxygen atoms in total. The molecule has 0 bridgehead atoms. The first-order chi connectivity index (χ1) is 12.3. The van der Waals surface area contributed by atoms with Crippen LogP contribution in [0.3, 0.4) is 0 Å². The highest BCUT2D eigenvalue weighted by molar-refractivity contribution is 8.13. The van der Waals surface area contributed by atoms with Crippen LogP contribution in [0.1, 0.15) is 5.56 Å². The van der Waals surface area contributed by atoms with Crippen LogP contribution >= 0.6 is 46.7 Å². The van der Waals surface area contributed by atoms with Gasteiger partial charge in [0.05, 0.1) is 5.75 Å². The van der Waals surface area contributed by atoms with Gasteiger partial charge in [-0.3, -0.25) is 9.59 Å². The lowest BCUT2D eigenvalue weighted by molar-refractivity contribution is -0.113. The van der Waals surface area contributed by atoms with Gasteiger partial charge >= 0.3 is 0 Å². The Hall–Kier alpha value is -1.34. The largest absolute Gasteiger partial charge is 0.339 e. The zero-order chi connectivity index (χ0) is 19.1. The van der Waals surface area contributed by atoms with Crippen LogP contribution in [0.4, 0.5) is 10.5 Å². The van der Waals surface area contributed by atoms with Gasteiger partial charge in [0.2, 0.25) is 5.91 Å². The summed E-state index contributed by atoms with van der Waals surface area (Å²) < 4.78 is 0. The molecule has 0 spiro atoms. The molecule has 0 aliphatic rings. The average Bonchev–Trinajstić information content (AvgIpc) is 2.58. The monoisotopic (exact) mass is 428 g/mol. The first-order valence-corrected chi connectivity index (χ1v) is 10.4. The van der Waals surface area contributed by atoms with Gasteiger partial charge in [0.1, 0.15) is 0 Å². The summed E-state index contributed by atoms with van der Waals surface area (Å²) >= 11 is 14.6. The maximum atomic E-state index is 12.0. The molecule has 1 N–H and O–H groups in total. The van der Waals surface area contributed by atoms with Gasteiger partial charge < -0.3 is 10.2 Å². The summed E-state index contributed by atoms with van der Waals surface area (Å²) in [5.74, 6) is 0.852. The summed E-state index contributed by atoms with van der Waals surface area (Å²) in [4.78, 5) is 26.0. The summed E-state index contributed by atoms with van der Waals surface area (Å²) in [7, 11) is 3.41. The van der Waals surface area contributed by atoms with Gasteiger partial charge in [-0.05, 0) is 53.7 Å². The number of hydrogen-bond acceptors (Lipinski definition) is 4. The normalized spacial score (nSPS) is 10.5. The van der Waals surface area contributed by atoms with E-state index in [-0.39, 0.29) is 11.1 Å². The Morgan fingerprint density at radius 1 is 1.08 bits per heavy atom. The van der Waals surface area contributed by atoms with Crippen molar-refractivity contribution < 1.29 is 9.59 Å². The number of benzene rings is 2. The molecule has 0 radical (unpaired) electrons. The standard InChI is InChI=1S/C18H18Cl2N2O2S2/c1-22(2)18(24)26-15-7-5-14(6-8-15)21-17(23)11-25-10-12-3-4-13(19)9-16(12)20/h3-9H,10-11H2,1-2H3,(H,21,23). The molecule has 0 fully saturated rings. The van der Waals surface area contributed by atoms with Crippen molar-refractivity contribution in [2.75, 3.05) is 25.2 Å². The van der Waals surface area contributed by atoms with E-state index in [4.69, 9.17) is 23.2 Å². The van der Waals surface area contributed by atoms with Gasteiger partial charge in [-0.2, -0.15) is 0 Å². The van der Waals surface area contributed by atoms with E-state index in [1.54, 1.807) is 38.4 Å². The van der Waals surface area contributed by atoms with Gasteiger partial charge in [0, 0.05) is 40.5 Å². The first kappa shape index (κ1) is 21.0. The number of nitrogens with zero attached hydrogens (tertiary/aromatic N) is 1. The SMILES string of the molecule is CN(C)C(=O)Sc1ccc(NC(=O)CSCc2ccc(Cl)cc2Cl)cc1. The highest BCUT2D eigenvalue weighted by Crippen LogP contribution is 2.25. The molecular weight excluding hydrogens is 411 g/mol. The van der Waals surface area contributed by atoms with Crippen LogP contribution in [0.15, 0.2) is 47.4 Å². The molecule has 2 rings (SSSR count). The van der Waals surface area contributed by atoms with Crippen LogP contribution in [-0.2, 0) is 10.5 Å². The van der Waals surface area contributed by atoms with Crippen molar-refractivity contribution >= 4 is 63.6 Å². The summed E-state index contributed by atoms with van der Waals surface area (Å²) in [5.41, 5.74) is 1.64. The maximum Gasteiger partial charge on any atom is 0.285 e. The number of anilines is 1. The Morgan fingerprint density at radius 2 is 1.77 bits per heavy atom. The Morgan fingerprint density at radius 3 is 2.38 bits per heavy atom. The minimum atomic E-state index is -0.0927. The predicted octanol–water partition coefficient (Wildman–Crippen LogP) is 5.64. The van der Waals surface area contributed by atoms with Gasteiger partial charge in [0.15, 0.2) is 0 Å².